The fourth-order valence-corrected chi connectivity index (χ4v) is 2.63. The molecule has 24 heavy (non-hydrogen) atoms. The molecule has 2 aromatic carbocycles. The van der Waals surface area contributed by atoms with Crippen molar-refractivity contribution in [3.05, 3.63) is 81.2 Å². The van der Waals surface area contributed by atoms with E-state index in [-0.39, 0.29) is 24.9 Å². The van der Waals surface area contributed by atoms with Gasteiger partial charge in [-0.25, -0.2) is 0 Å². The van der Waals surface area contributed by atoms with Gasteiger partial charge in [0.25, 0.3) is 11.8 Å². The molecule has 0 aliphatic carbocycles. The van der Waals surface area contributed by atoms with E-state index in [1.807, 2.05) is 0 Å². The zero-order chi connectivity index (χ0) is 17.1. The van der Waals surface area contributed by atoms with Crippen LogP contribution < -0.4 is 0 Å². The van der Waals surface area contributed by atoms with Gasteiger partial charge in [-0.15, -0.1) is 0 Å². The summed E-state index contributed by atoms with van der Waals surface area (Å²) in [5, 5.41) is 13.2. The number of aliphatic hydroxyl groups is 1. The first kappa shape index (κ1) is 15.7. The Hall–Kier alpha value is -3.15. The summed E-state index contributed by atoms with van der Waals surface area (Å²) in [4.78, 5) is 28.5. The predicted molar refractivity (Wildman–Crippen MR) is 86.1 cm³/mol. The number of hydrogen-bond donors (Lipinski definition) is 1. The number of amides is 2. The van der Waals surface area contributed by atoms with Gasteiger partial charge in [0.15, 0.2) is 0 Å². The average Bonchev–Trinajstić information content (AvgIpc) is 2.85. The Balaban J connectivity index is 1.74. The van der Waals surface area contributed by atoms with Gasteiger partial charge in [0, 0.05) is 4.91 Å². The molecule has 0 aromatic heterocycles. The topological polar surface area (TPSA) is 106 Å². The molecule has 0 fully saturated rings. The van der Waals surface area contributed by atoms with Crippen LogP contribution in [-0.2, 0) is 6.54 Å². The fourth-order valence-electron chi connectivity index (χ4n) is 2.63. The van der Waals surface area contributed by atoms with Crippen LogP contribution in [0.5, 0.6) is 0 Å². The first-order chi connectivity index (χ1) is 11.6. The lowest BCUT2D eigenvalue weighted by Gasteiger charge is -2.15. The number of carbonyl (C=O) groups excluding carboxylic acids is 2. The molecule has 0 bridgehead atoms. The lowest BCUT2D eigenvalue weighted by molar-refractivity contribution is 0.0642. The molecule has 2 amide bonds. The van der Waals surface area contributed by atoms with E-state index in [1.165, 1.54) is 4.90 Å². The maximum absolute atomic E-state index is 12.3. The minimum atomic E-state index is -0.880. The second kappa shape index (κ2) is 6.54. The highest BCUT2D eigenvalue weighted by atomic mass is 16.3. The van der Waals surface area contributed by atoms with Gasteiger partial charge in [-0.2, -0.15) is 0 Å². The summed E-state index contributed by atoms with van der Waals surface area (Å²) in [6, 6.07) is 13.6. The molecule has 1 atom stereocenters. The Labute approximate surface area is 137 Å². The third-order valence-corrected chi connectivity index (χ3v) is 3.90. The van der Waals surface area contributed by atoms with Crippen LogP contribution in [0.2, 0.25) is 0 Å². The molecular formula is C17H14N4O3. The van der Waals surface area contributed by atoms with Gasteiger partial charge in [0.1, 0.15) is 0 Å². The molecule has 120 valence electrons. The number of azide groups is 1. The van der Waals surface area contributed by atoms with E-state index in [1.54, 1.807) is 48.5 Å². The summed E-state index contributed by atoms with van der Waals surface area (Å²) in [6.07, 6.45) is -0.880. The zero-order valence-corrected chi connectivity index (χ0v) is 12.7. The molecule has 1 aliphatic heterocycles. The number of nitrogens with zero attached hydrogens (tertiary/aromatic N) is 4. The van der Waals surface area contributed by atoms with Gasteiger partial charge < -0.3 is 5.11 Å². The molecule has 7 heteroatoms. The van der Waals surface area contributed by atoms with Gasteiger partial charge in [-0.3, -0.25) is 14.5 Å². The highest BCUT2D eigenvalue weighted by Crippen LogP contribution is 2.24. The number of carbonyl (C=O) groups is 2. The first-order valence-corrected chi connectivity index (χ1v) is 7.35. The molecule has 1 N–H and O–H groups in total. The Bertz CT molecular complexity index is 806. The summed E-state index contributed by atoms with van der Waals surface area (Å²) in [7, 11) is 0. The minimum absolute atomic E-state index is 0.0474. The molecule has 1 aliphatic rings. The average molecular weight is 322 g/mol. The van der Waals surface area contributed by atoms with Crippen molar-refractivity contribution in [1.29, 1.82) is 0 Å². The van der Waals surface area contributed by atoms with Gasteiger partial charge in [0.05, 0.1) is 30.3 Å². The predicted octanol–water partition coefficient (Wildman–Crippen LogP) is 2.83. The Kier molecular flexibility index (Phi) is 4.29. The highest BCUT2D eigenvalue weighted by Gasteiger charge is 2.34. The van der Waals surface area contributed by atoms with Crippen molar-refractivity contribution in [1.82, 2.24) is 4.90 Å². The van der Waals surface area contributed by atoms with Crippen molar-refractivity contribution < 1.29 is 14.7 Å². The molecule has 0 spiro atoms. The van der Waals surface area contributed by atoms with Crippen molar-refractivity contribution in [2.45, 2.75) is 12.6 Å². The SMILES string of the molecule is [N-]=[N+]=NCC(O)c1ccc(CN2C(=O)c3ccccc3C2=O)cc1. The summed E-state index contributed by atoms with van der Waals surface area (Å²) < 4.78 is 0. The van der Waals surface area contributed by atoms with E-state index in [0.29, 0.717) is 16.7 Å². The number of imide groups is 1. The summed E-state index contributed by atoms with van der Waals surface area (Å²) in [5.74, 6) is -0.605. The van der Waals surface area contributed by atoms with Crippen LogP contribution in [0.4, 0.5) is 0 Å². The van der Waals surface area contributed by atoms with E-state index >= 15 is 0 Å². The quantitative estimate of drug-likeness (QED) is 0.396. The second-order valence-electron chi connectivity index (χ2n) is 5.41. The number of benzene rings is 2. The van der Waals surface area contributed by atoms with Crippen LogP contribution in [-0.4, -0.2) is 28.4 Å². The number of fused-ring (bicyclic) bond motifs is 1. The van der Waals surface area contributed by atoms with E-state index in [9.17, 15) is 14.7 Å². The van der Waals surface area contributed by atoms with Crippen LogP contribution in [0.15, 0.2) is 53.6 Å². The third kappa shape index (κ3) is 2.86. The first-order valence-electron chi connectivity index (χ1n) is 7.35. The van der Waals surface area contributed by atoms with Crippen LogP contribution in [0.1, 0.15) is 37.9 Å². The third-order valence-electron chi connectivity index (χ3n) is 3.90. The maximum Gasteiger partial charge on any atom is 0.261 e. The van der Waals surface area contributed by atoms with Gasteiger partial charge in [-0.1, -0.05) is 41.5 Å². The molecule has 1 unspecified atom stereocenters. The van der Waals surface area contributed by atoms with Crippen LogP contribution in [0.3, 0.4) is 0 Å². The van der Waals surface area contributed by atoms with E-state index in [0.717, 1.165) is 5.56 Å². The zero-order valence-electron chi connectivity index (χ0n) is 12.7. The smallest absolute Gasteiger partial charge is 0.261 e. The number of aliphatic hydroxyl groups excluding tert-OH is 1. The lowest BCUT2D eigenvalue weighted by Crippen LogP contribution is -2.29. The van der Waals surface area contributed by atoms with Gasteiger partial charge in [0.2, 0.25) is 0 Å². The Morgan fingerprint density at radius 3 is 2.17 bits per heavy atom. The molecular weight excluding hydrogens is 308 g/mol. The second-order valence-corrected chi connectivity index (χ2v) is 5.41. The maximum atomic E-state index is 12.3. The lowest BCUT2D eigenvalue weighted by atomic mass is 10.1. The van der Waals surface area contributed by atoms with Crippen LogP contribution in [0, 0.1) is 0 Å². The van der Waals surface area contributed by atoms with Crippen molar-refractivity contribution in [2.75, 3.05) is 6.54 Å². The number of hydrogen-bond acceptors (Lipinski definition) is 4. The van der Waals surface area contributed by atoms with Crippen molar-refractivity contribution in [3.8, 4) is 0 Å². The van der Waals surface area contributed by atoms with Crippen molar-refractivity contribution in [2.24, 2.45) is 5.11 Å². The summed E-state index contributed by atoms with van der Waals surface area (Å²) >= 11 is 0. The summed E-state index contributed by atoms with van der Waals surface area (Å²) in [5.41, 5.74) is 10.5. The van der Waals surface area contributed by atoms with Gasteiger partial charge in [-0.05, 0) is 28.8 Å². The molecule has 0 saturated carbocycles. The van der Waals surface area contributed by atoms with E-state index in [4.69, 9.17) is 5.53 Å². The van der Waals surface area contributed by atoms with Crippen molar-refractivity contribution >= 4 is 11.8 Å². The number of rotatable bonds is 5. The molecule has 3 rings (SSSR count). The minimum Gasteiger partial charge on any atom is -0.388 e. The Morgan fingerprint density at radius 2 is 1.62 bits per heavy atom. The molecule has 2 aromatic rings. The highest BCUT2D eigenvalue weighted by molar-refractivity contribution is 6.21. The van der Waals surface area contributed by atoms with Crippen LogP contribution in [0.25, 0.3) is 10.4 Å². The molecule has 7 nitrogen and oxygen atoms in total. The Morgan fingerprint density at radius 1 is 1.04 bits per heavy atom. The normalized spacial score (nSPS) is 14.3. The fraction of sp³-hybridized carbons (Fsp3) is 0.176. The van der Waals surface area contributed by atoms with Crippen LogP contribution >= 0.6 is 0 Å². The van der Waals surface area contributed by atoms with Gasteiger partial charge >= 0.3 is 0 Å². The molecule has 0 radical (unpaired) electrons. The summed E-state index contributed by atoms with van der Waals surface area (Å²) in [6.45, 7) is 0.118. The largest absolute Gasteiger partial charge is 0.388 e. The van der Waals surface area contributed by atoms with Crippen molar-refractivity contribution in [3.63, 3.8) is 0 Å². The van der Waals surface area contributed by atoms with E-state index < -0.39 is 6.10 Å². The molecule has 1 heterocycles. The standard InChI is InChI=1S/C17H14N4O3/c18-20-19-9-15(22)12-7-5-11(6-8-12)10-21-16(23)13-3-1-2-4-14(13)17(21)24/h1-8,15,22H,9-10H2. The monoisotopic (exact) mass is 322 g/mol. The van der Waals surface area contributed by atoms with E-state index in [2.05, 4.69) is 10.0 Å². The molecule has 0 saturated heterocycles.